The van der Waals surface area contributed by atoms with Crippen LogP contribution in [-0.2, 0) is 6.54 Å². The van der Waals surface area contributed by atoms with Crippen LogP contribution >= 0.6 is 0 Å². The van der Waals surface area contributed by atoms with Crippen LogP contribution in [0, 0.1) is 11.7 Å². The van der Waals surface area contributed by atoms with Crippen LogP contribution in [0.15, 0.2) is 36.9 Å². The zero-order valence-corrected chi connectivity index (χ0v) is 13.2. The fraction of sp³-hybridized carbons (Fsp3) is 0.375. The van der Waals surface area contributed by atoms with Gasteiger partial charge in [0.15, 0.2) is 0 Å². The topological polar surface area (TPSA) is 79.2 Å². The maximum atomic E-state index is 14.1. The zero-order valence-electron chi connectivity index (χ0n) is 13.2. The Morgan fingerprint density at radius 3 is 2.83 bits per heavy atom. The molecule has 2 unspecified atom stereocenters. The quantitative estimate of drug-likeness (QED) is 0.760. The van der Waals surface area contributed by atoms with Crippen molar-refractivity contribution in [3.8, 4) is 5.69 Å². The molecule has 1 aromatic heterocycles. The zero-order chi connectivity index (χ0) is 16.8. The minimum absolute atomic E-state index is 0.00235. The molecule has 1 aromatic carbocycles. The molecule has 0 saturated carbocycles. The summed E-state index contributed by atoms with van der Waals surface area (Å²) >= 11 is 0. The number of rotatable bonds is 6. The van der Waals surface area contributed by atoms with Crippen LogP contribution in [0.2, 0.25) is 0 Å². The fourth-order valence-corrected chi connectivity index (χ4v) is 2.01. The largest absolute Gasteiger partial charge is 0.396 e. The van der Waals surface area contributed by atoms with Crippen LogP contribution < -0.4 is 10.6 Å². The molecule has 6 nitrogen and oxygen atoms in total. The number of aliphatic hydroxyl groups is 1. The molecule has 3 N–H and O–H groups in total. The summed E-state index contributed by atoms with van der Waals surface area (Å²) in [6, 6.07) is 4.27. The van der Waals surface area contributed by atoms with Crippen molar-refractivity contribution in [2.24, 2.45) is 5.92 Å². The molecule has 2 rings (SSSR count). The number of amides is 2. The van der Waals surface area contributed by atoms with E-state index in [4.69, 9.17) is 5.11 Å². The van der Waals surface area contributed by atoms with Crippen LogP contribution in [0.4, 0.5) is 9.18 Å². The van der Waals surface area contributed by atoms with Crippen molar-refractivity contribution in [2.45, 2.75) is 26.4 Å². The van der Waals surface area contributed by atoms with Crippen molar-refractivity contribution in [2.75, 3.05) is 6.61 Å². The number of hydrogen-bond acceptors (Lipinski definition) is 3. The first-order valence-corrected chi connectivity index (χ1v) is 7.43. The van der Waals surface area contributed by atoms with E-state index in [1.54, 1.807) is 29.1 Å². The number of halogens is 1. The van der Waals surface area contributed by atoms with E-state index in [0.29, 0.717) is 11.3 Å². The molecule has 0 fully saturated rings. The first-order valence-electron chi connectivity index (χ1n) is 7.43. The predicted molar refractivity (Wildman–Crippen MR) is 84.6 cm³/mol. The molecule has 2 amide bonds. The summed E-state index contributed by atoms with van der Waals surface area (Å²) in [5, 5.41) is 14.4. The second-order valence-electron chi connectivity index (χ2n) is 5.53. The standard InChI is InChI=1S/C16H21FN4O2/c1-11(9-22)12(2)20-16(23)19-8-13-3-4-15(14(17)7-13)21-6-5-18-10-21/h3-7,10-12,22H,8-9H2,1-2H3,(H2,19,20,23). The molecular formula is C16H21FN4O2. The normalized spacial score (nSPS) is 13.4. The molecule has 7 heteroatoms. The van der Waals surface area contributed by atoms with Gasteiger partial charge < -0.3 is 20.3 Å². The third-order valence-corrected chi connectivity index (χ3v) is 3.75. The number of imidazole rings is 1. The van der Waals surface area contributed by atoms with Crippen LogP contribution in [0.1, 0.15) is 19.4 Å². The van der Waals surface area contributed by atoms with Gasteiger partial charge in [-0.1, -0.05) is 13.0 Å². The molecule has 1 heterocycles. The Hall–Kier alpha value is -2.41. The number of carbonyl (C=O) groups is 1. The van der Waals surface area contributed by atoms with Crippen LogP contribution in [0.3, 0.4) is 0 Å². The Balaban J connectivity index is 1.91. The van der Waals surface area contributed by atoms with E-state index in [2.05, 4.69) is 15.6 Å². The van der Waals surface area contributed by atoms with Gasteiger partial charge >= 0.3 is 6.03 Å². The van der Waals surface area contributed by atoms with Crippen LogP contribution in [0.25, 0.3) is 5.69 Å². The Morgan fingerprint density at radius 2 is 2.22 bits per heavy atom. The maximum Gasteiger partial charge on any atom is 0.315 e. The summed E-state index contributed by atoms with van der Waals surface area (Å²) in [5.41, 5.74) is 1.06. The van der Waals surface area contributed by atoms with Gasteiger partial charge in [0.05, 0.1) is 12.0 Å². The average molecular weight is 320 g/mol. The van der Waals surface area contributed by atoms with Crippen LogP contribution in [-0.4, -0.2) is 33.3 Å². The highest BCUT2D eigenvalue weighted by atomic mass is 19.1. The van der Waals surface area contributed by atoms with Gasteiger partial charge in [0, 0.05) is 31.6 Å². The van der Waals surface area contributed by atoms with Gasteiger partial charge in [-0.2, -0.15) is 0 Å². The van der Waals surface area contributed by atoms with Crippen molar-refractivity contribution in [3.05, 3.63) is 48.3 Å². The number of nitrogens with one attached hydrogen (secondary N) is 2. The van der Waals surface area contributed by atoms with E-state index in [-0.39, 0.29) is 37.0 Å². The van der Waals surface area contributed by atoms with E-state index in [9.17, 15) is 9.18 Å². The van der Waals surface area contributed by atoms with Gasteiger partial charge in [-0.15, -0.1) is 0 Å². The lowest BCUT2D eigenvalue weighted by Crippen LogP contribution is -2.43. The molecule has 2 aromatic rings. The van der Waals surface area contributed by atoms with Gasteiger partial charge in [-0.25, -0.2) is 14.2 Å². The van der Waals surface area contributed by atoms with E-state index in [1.165, 1.54) is 12.4 Å². The smallest absolute Gasteiger partial charge is 0.315 e. The number of urea groups is 1. The number of aliphatic hydroxyl groups excluding tert-OH is 1. The van der Waals surface area contributed by atoms with E-state index in [1.807, 2.05) is 13.8 Å². The molecule has 124 valence electrons. The molecule has 2 atom stereocenters. The van der Waals surface area contributed by atoms with Crippen molar-refractivity contribution < 1.29 is 14.3 Å². The maximum absolute atomic E-state index is 14.1. The van der Waals surface area contributed by atoms with Gasteiger partial charge in [-0.05, 0) is 30.5 Å². The molecule has 0 bridgehead atoms. The first-order chi connectivity index (χ1) is 11.0. The minimum Gasteiger partial charge on any atom is -0.396 e. The summed E-state index contributed by atoms with van der Waals surface area (Å²) in [4.78, 5) is 15.7. The SMILES string of the molecule is CC(CO)C(C)NC(=O)NCc1ccc(-n2ccnc2)c(F)c1. The predicted octanol–water partition coefficient (Wildman–Crippen LogP) is 1.83. The first kappa shape index (κ1) is 17.0. The molecule has 0 radical (unpaired) electrons. The lowest BCUT2D eigenvalue weighted by Gasteiger charge is -2.19. The third kappa shape index (κ3) is 4.53. The van der Waals surface area contributed by atoms with Crippen molar-refractivity contribution in [3.63, 3.8) is 0 Å². The molecule has 0 aliphatic carbocycles. The Morgan fingerprint density at radius 1 is 1.43 bits per heavy atom. The third-order valence-electron chi connectivity index (χ3n) is 3.75. The van der Waals surface area contributed by atoms with E-state index in [0.717, 1.165) is 0 Å². The summed E-state index contributed by atoms with van der Waals surface area (Å²) < 4.78 is 15.7. The van der Waals surface area contributed by atoms with Gasteiger partial charge in [0.2, 0.25) is 0 Å². The van der Waals surface area contributed by atoms with Gasteiger partial charge in [0.1, 0.15) is 5.82 Å². The summed E-state index contributed by atoms with van der Waals surface area (Å²) in [6.07, 6.45) is 4.76. The second kappa shape index (κ2) is 7.73. The highest BCUT2D eigenvalue weighted by Gasteiger charge is 2.13. The van der Waals surface area contributed by atoms with Gasteiger partial charge in [-0.3, -0.25) is 0 Å². The molecular weight excluding hydrogens is 299 g/mol. The number of aromatic nitrogens is 2. The number of carbonyl (C=O) groups excluding carboxylic acids is 1. The molecule has 0 aliphatic rings. The number of hydrogen-bond donors (Lipinski definition) is 3. The van der Waals surface area contributed by atoms with E-state index < -0.39 is 0 Å². The van der Waals surface area contributed by atoms with Crippen molar-refractivity contribution in [1.82, 2.24) is 20.2 Å². The number of benzene rings is 1. The van der Waals surface area contributed by atoms with Crippen molar-refractivity contribution in [1.29, 1.82) is 0 Å². The Bertz CT molecular complexity index is 646. The Kier molecular flexibility index (Phi) is 5.70. The number of nitrogens with zero attached hydrogens (tertiary/aromatic N) is 2. The molecule has 0 spiro atoms. The second-order valence-corrected chi connectivity index (χ2v) is 5.53. The summed E-state index contributed by atoms with van der Waals surface area (Å²) in [6.45, 7) is 3.88. The molecule has 0 aliphatic heterocycles. The molecule has 0 saturated heterocycles. The average Bonchev–Trinajstić information content (AvgIpc) is 3.06. The van der Waals surface area contributed by atoms with Gasteiger partial charge in [0.25, 0.3) is 0 Å². The van der Waals surface area contributed by atoms with E-state index >= 15 is 0 Å². The molecule has 23 heavy (non-hydrogen) atoms. The monoisotopic (exact) mass is 320 g/mol. The Labute approximate surface area is 134 Å². The fourth-order valence-electron chi connectivity index (χ4n) is 2.01. The van der Waals surface area contributed by atoms with Crippen LogP contribution in [0.5, 0.6) is 0 Å². The van der Waals surface area contributed by atoms with Crippen molar-refractivity contribution >= 4 is 6.03 Å². The summed E-state index contributed by atoms with van der Waals surface area (Å²) in [5.74, 6) is -0.419. The highest BCUT2D eigenvalue weighted by Crippen LogP contribution is 2.14. The minimum atomic E-state index is -0.384. The lowest BCUT2D eigenvalue weighted by molar-refractivity contribution is 0.200. The highest BCUT2D eigenvalue weighted by molar-refractivity contribution is 5.74. The summed E-state index contributed by atoms with van der Waals surface area (Å²) in [7, 11) is 0. The lowest BCUT2D eigenvalue weighted by atomic mass is 10.1.